The van der Waals surface area contributed by atoms with E-state index in [4.69, 9.17) is 0 Å². The lowest BCUT2D eigenvalue weighted by Gasteiger charge is -2.08. The average molecular weight is 291 g/mol. The Morgan fingerprint density at radius 2 is 2.33 bits per heavy atom. The zero-order valence-electron chi connectivity index (χ0n) is 10.9. The molecule has 0 saturated carbocycles. The molecule has 1 heterocycles. The number of aliphatic hydroxyl groups excluding tert-OH is 1. The lowest BCUT2D eigenvalue weighted by Crippen LogP contribution is -2.05. The fourth-order valence-electron chi connectivity index (χ4n) is 1.51. The highest BCUT2D eigenvalue weighted by Crippen LogP contribution is 2.19. The minimum Gasteiger partial charge on any atom is -0.872 e. The van der Waals surface area contributed by atoms with Crippen LogP contribution in [0.4, 0.5) is 5.69 Å². The van der Waals surface area contributed by atoms with Gasteiger partial charge in [0, 0.05) is 18.3 Å². The second-order valence-electron chi connectivity index (χ2n) is 4.13. The van der Waals surface area contributed by atoms with E-state index in [0.29, 0.717) is 0 Å². The van der Waals surface area contributed by atoms with Crippen LogP contribution in [0.15, 0.2) is 23.2 Å². The molecule has 1 aromatic heterocycles. The predicted octanol–water partition coefficient (Wildman–Crippen LogP) is -0.656. The van der Waals surface area contributed by atoms with Gasteiger partial charge in [0.15, 0.2) is 0 Å². The number of aromatic nitrogens is 4. The van der Waals surface area contributed by atoms with Crippen molar-refractivity contribution >= 4 is 11.9 Å². The van der Waals surface area contributed by atoms with E-state index in [1.54, 1.807) is 7.05 Å². The number of aliphatic hydroxyl groups is 1. The third-order valence-corrected chi connectivity index (χ3v) is 2.53. The van der Waals surface area contributed by atoms with E-state index >= 15 is 0 Å². The number of hydrogen-bond donors (Lipinski definition) is 1. The molecule has 1 aromatic carbocycles. The fraction of sp³-hybridized carbons (Fsp3) is 0.273. The molecule has 0 aliphatic rings. The summed E-state index contributed by atoms with van der Waals surface area (Å²) in [6.45, 7) is -0.0895. The van der Waals surface area contributed by atoms with Crippen molar-refractivity contribution in [3.05, 3.63) is 39.7 Å². The van der Waals surface area contributed by atoms with E-state index in [1.807, 2.05) is 0 Å². The molecule has 0 bridgehead atoms. The highest BCUT2D eigenvalue weighted by molar-refractivity contribution is 5.84. The molecule has 10 heteroatoms. The van der Waals surface area contributed by atoms with Gasteiger partial charge in [-0.1, -0.05) is 11.8 Å². The molecular formula is C11H11N6O4-. The second-order valence-corrected chi connectivity index (χ2v) is 4.13. The van der Waals surface area contributed by atoms with E-state index < -0.39 is 16.8 Å². The summed E-state index contributed by atoms with van der Waals surface area (Å²) in [4.78, 5) is 15.1. The van der Waals surface area contributed by atoms with E-state index in [9.17, 15) is 20.3 Å². The summed E-state index contributed by atoms with van der Waals surface area (Å²) in [7, 11) is 1.55. The first kappa shape index (κ1) is 14.5. The Balaban J connectivity index is 2.07. The SMILES string of the molecule is Cn1nnc([C@H](O)CN=Cc2cc([N+](=O)[O-])ccc2[O-])n1. The molecular weight excluding hydrogens is 280 g/mol. The Labute approximate surface area is 118 Å². The van der Waals surface area contributed by atoms with Gasteiger partial charge in [0.1, 0.15) is 6.10 Å². The highest BCUT2D eigenvalue weighted by atomic mass is 16.6. The van der Waals surface area contributed by atoms with Crippen molar-refractivity contribution in [1.82, 2.24) is 20.2 Å². The van der Waals surface area contributed by atoms with Crippen LogP contribution in [0.2, 0.25) is 0 Å². The van der Waals surface area contributed by atoms with Crippen LogP contribution in [-0.4, -0.2) is 43.0 Å². The van der Waals surface area contributed by atoms with Crippen molar-refractivity contribution in [3.63, 3.8) is 0 Å². The van der Waals surface area contributed by atoms with Crippen molar-refractivity contribution < 1.29 is 15.1 Å². The topological polar surface area (TPSA) is 142 Å². The maximum Gasteiger partial charge on any atom is 0.270 e. The van der Waals surface area contributed by atoms with Gasteiger partial charge < -0.3 is 10.2 Å². The maximum atomic E-state index is 11.5. The number of rotatable bonds is 5. The number of nitro groups is 1. The first-order valence-electron chi connectivity index (χ1n) is 5.84. The van der Waals surface area contributed by atoms with Gasteiger partial charge in [0.2, 0.25) is 5.82 Å². The number of non-ortho nitro benzene ring substituents is 1. The van der Waals surface area contributed by atoms with Gasteiger partial charge in [-0.15, -0.1) is 10.2 Å². The third-order valence-electron chi connectivity index (χ3n) is 2.53. The lowest BCUT2D eigenvalue weighted by molar-refractivity contribution is -0.385. The number of aryl methyl sites for hydroxylation is 1. The van der Waals surface area contributed by atoms with Crippen LogP contribution >= 0.6 is 0 Å². The molecule has 2 aromatic rings. The van der Waals surface area contributed by atoms with Gasteiger partial charge >= 0.3 is 0 Å². The first-order chi connectivity index (χ1) is 9.97. The predicted molar refractivity (Wildman–Crippen MR) is 68.8 cm³/mol. The zero-order chi connectivity index (χ0) is 15.4. The van der Waals surface area contributed by atoms with Gasteiger partial charge in [0.25, 0.3) is 5.69 Å². The third kappa shape index (κ3) is 3.57. The monoisotopic (exact) mass is 291 g/mol. The molecule has 2 rings (SSSR count). The number of tetrazole rings is 1. The molecule has 0 unspecified atom stereocenters. The van der Waals surface area contributed by atoms with Crippen molar-refractivity contribution in [2.75, 3.05) is 6.54 Å². The van der Waals surface area contributed by atoms with Crippen LogP contribution < -0.4 is 5.11 Å². The standard InChI is InChI=1S/C11H12N6O4/c1-16-14-11(13-15-16)10(19)6-12-5-7-4-8(17(20)21)2-3-9(7)18/h2-5,10,18-19H,6H2,1H3/p-1/t10-/m1/s1. The van der Waals surface area contributed by atoms with Crippen LogP contribution in [0.3, 0.4) is 0 Å². The van der Waals surface area contributed by atoms with Crippen LogP contribution in [0.5, 0.6) is 5.75 Å². The number of nitrogens with zero attached hydrogens (tertiary/aromatic N) is 6. The summed E-state index contributed by atoms with van der Waals surface area (Å²) in [6, 6.07) is 3.34. The molecule has 0 fully saturated rings. The fourth-order valence-corrected chi connectivity index (χ4v) is 1.51. The van der Waals surface area contributed by atoms with Crippen LogP contribution in [-0.2, 0) is 7.05 Å². The molecule has 0 aliphatic heterocycles. The molecule has 1 N–H and O–H groups in total. The number of nitro benzene ring substituents is 1. The first-order valence-corrected chi connectivity index (χ1v) is 5.84. The minimum absolute atomic E-state index is 0.0727. The van der Waals surface area contributed by atoms with E-state index in [0.717, 1.165) is 18.2 Å². The van der Waals surface area contributed by atoms with Crippen molar-refractivity contribution in [3.8, 4) is 5.75 Å². The van der Waals surface area contributed by atoms with E-state index in [-0.39, 0.29) is 23.6 Å². The summed E-state index contributed by atoms with van der Waals surface area (Å²) in [5.41, 5.74) is -0.129. The highest BCUT2D eigenvalue weighted by Gasteiger charge is 2.12. The Morgan fingerprint density at radius 1 is 1.57 bits per heavy atom. The van der Waals surface area contributed by atoms with E-state index in [1.165, 1.54) is 11.0 Å². The Morgan fingerprint density at radius 3 is 2.95 bits per heavy atom. The quantitative estimate of drug-likeness (QED) is 0.437. The summed E-state index contributed by atoms with van der Waals surface area (Å²) in [5, 5.41) is 42.9. The summed E-state index contributed by atoms with van der Waals surface area (Å²) in [5.74, 6) is -0.285. The van der Waals surface area contributed by atoms with Gasteiger partial charge in [-0.3, -0.25) is 15.1 Å². The van der Waals surface area contributed by atoms with Gasteiger partial charge in [-0.2, -0.15) is 4.80 Å². The minimum atomic E-state index is -1.07. The van der Waals surface area contributed by atoms with Crippen LogP contribution in [0, 0.1) is 10.1 Å². The number of aliphatic imine (C=N–C) groups is 1. The Hall–Kier alpha value is -2.88. The molecule has 1 atom stereocenters. The Bertz CT molecular complexity index is 683. The molecule has 110 valence electrons. The molecule has 0 spiro atoms. The summed E-state index contributed by atoms with van der Waals surface area (Å²) >= 11 is 0. The maximum absolute atomic E-state index is 11.5. The molecule has 0 saturated heterocycles. The summed E-state index contributed by atoms with van der Waals surface area (Å²) < 4.78 is 0. The number of hydrogen-bond acceptors (Lipinski definition) is 8. The average Bonchev–Trinajstić information content (AvgIpc) is 2.87. The molecule has 10 nitrogen and oxygen atoms in total. The summed E-state index contributed by atoms with van der Waals surface area (Å²) in [6.07, 6.45) is 0.110. The lowest BCUT2D eigenvalue weighted by atomic mass is 10.2. The Kier molecular flexibility index (Phi) is 4.18. The number of benzene rings is 1. The molecule has 21 heavy (non-hydrogen) atoms. The van der Waals surface area contributed by atoms with Gasteiger partial charge in [-0.25, -0.2) is 0 Å². The largest absolute Gasteiger partial charge is 0.872 e. The normalized spacial score (nSPS) is 12.7. The van der Waals surface area contributed by atoms with Gasteiger partial charge in [0.05, 0.1) is 18.5 Å². The zero-order valence-corrected chi connectivity index (χ0v) is 10.9. The van der Waals surface area contributed by atoms with Crippen LogP contribution in [0.25, 0.3) is 0 Å². The molecule has 0 amide bonds. The van der Waals surface area contributed by atoms with Crippen molar-refractivity contribution in [2.45, 2.75) is 6.10 Å². The molecule has 0 aliphatic carbocycles. The van der Waals surface area contributed by atoms with E-state index in [2.05, 4.69) is 20.4 Å². The van der Waals surface area contributed by atoms with Crippen molar-refractivity contribution in [1.29, 1.82) is 0 Å². The van der Waals surface area contributed by atoms with Crippen LogP contribution in [0.1, 0.15) is 17.5 Å². The second kappa shape index (κ2) is 6.05. The van der Waals surface area contributed by atoms with Crippen molar-refractivity contribution in [2.24, 2.45) is 12.0 Å². The van der Waals surface area contributed by atoms with Gasteiger partial charge in [-0.05, 0) is 10.8 Å². The smallest absolute Gasteiger partial charge is 0.270 e. The molecule has 0 radical (unpaired) electrons.